The summed E-state index contributed by atoms with van der Waals surface area (Å²) in [6.07, 6.45) is 0. The van der Waals surface area contributed by atoms with Gasteiger partial charge in [-0.15, -0.1) is 0 Å². The molecule has 0 amide bonds. The summed E-state index contributed by atoms with van der Waals surface area (Å²) in [7, 11) is 1.52. The third-order valence-electron chi connectivity index (χ3n) is 0.829. The zero-order valence-corrected chi connectivity index (χ0v) is 5.64. The Morgan fingerprint density at radius 3 is 3.00 bits per heavy atom. The average Bonchev–Trinajstić information content (AvgIpc) is 1.88. The Kier molecular flexibility index (Phi) is 1.90. The van der Waals surface area contributed by atoms with Gasteiger partial charge in [-0.05, 0) is 12.1 Å². The molecule has 0 fully saturated rings. The second-order valence-corrected chi connectivity index (χ2v) is 1.81. The normalized spacial score (nSPS) is 9.11. The summed E-state index contributed by atoms with van der Waals surface area (Å²) in [6.45, 7) is 0. The monoisotopic (exact) mass is 142 g/mol. The van der Waals surface area contributed by atoms with Crippen LogP contribution < -0.4 is 4.74 Å². The van der Waals surface area contributed by atoms with Crippen molar-refractivity contribution in [1.82, 2.24) is 4.98 Å². The molecule has 2 nitrogen and oxygen atoms in total. The van der Waals surface area contributed by atoms with E-state index in [1.807, 2.05) is 0 Å². The fourth-order valence-corrected chi connectivity index (χ4v) is 0.593. The second kappa shape index (κ2) is 2.69. The maximum Gasteiger partial charge on any atom is 0.222 e. The van der Waals surface area contributed by atoms with Gasteiger partial charge < -0.3 is 4.74 Å². The van der Waals surface area contributed by atoms with E-state index in [0.717, 1.165) is 0 Å². The molecular formula is C6H5ClNO. The highest BCUT2D eigenvalue weighted by Gasteiger charge is 1.91. The summed E-state index contributed by atoms with van der Waals surface area (Å²) in [5.41, 5.74) is 0. The minimum absolute atomic E-state index is 0.419. The first kappa shape index (κ1) is 6.36. The first-order valence-corrected chi connectivity index (χ1v) is 2.79. The van der Waals surface area contributed by atoms with E-state index in [2.05, 4.69) is 11.1 Å². The number of hydrogen-bond donors (Lipinski definition) is 0. The number of halogens is 1. The van der Waals surface area contributed by atoms with Gasteiger partial charge in [0.1, 0.15) is 5.15 Å². The second-order valence-electron chi connectivity index (χ2n) is 1.42. The quantitative estimate of drug-likeness (QED) is 0.555. The van der Waals surface area contributed by atoms with Gasteiger partial charge in [-0.25, -0.2) is 4.98 Å². The van der Waals surface area contributed by atoms with Gasteiger partial charge in [-0.2, -0.15) is 0 Å². The molecule has 0 aliphatic rings. The lowest BCUT2D eigenvalue weighted by atomic mass is 10.5. The Balaban J connectivity index is 2.94. The molecule has 0 atom stereocenters. The van der Waals surface area contributed by atoms with Gasteiger partial charge in [0.2, 0.25) is 5.88 Å². The zero-order valence-electron chi connectivity index (χ0n) is 4.89. The molecule has 0 unspecified atom stereocenters. The first-order chi connectivity index (χ1) is 4.33. The Morgan fingerprint density at radius 1 is 1.78 bits per heavy atom. The van der Waals surface area contributed by atoms with Crippen LogP contribution in [0.1, 0.15) is 0 Å². The smallest absolute Gasteiger partial charge is 0.222 e. The maximum absolute atomic E-state index is 5.51. The van der Waals surface area contributed by atoms with Gasteiger partial charge in [0.15, 0.2) is 0 Å². The predicted molar refractivity (Wildman–Crippen MR) is 34.6 cm³/mol. The summed E-state index contributed by atoms with van der Waals surface area (Å²) in [5.74, 6) is 0.419. The predicted octanol–water partition coefficient (Wildman–Crippen LogP) is 1.54. The molecule has 47 valence electrons. The van der Waals surface area contributed by atoms with Crippen LogP contribution >= 0.6 is 11.6 Å². The molecule has 0 aliphatic heterocycles. The molecule has 0 saturated carbocycles. The fourth-order valence-electron chi connectivity index (χ4n) is 0.453. The highest BCUT2D eigenvalue weighted by Crippen LogP contribution is 2.08. The molecule has 9 heavy (non-hydrogen) atoms. The average molecular weight is 143 g/mol. The van der Waals surface area contributed by atoms with Gasteiger partial charge >= 0.3 is 0 Å². The largest absolute Gasteiger partial charge is 0.481 e. The van der Waals surface area contributed by atoms with E-state index in [1.54, 1.807) is 12.1 Å². The number of hydrogen-bond acceptors (Lipinski definition) is 2. The van der Waals surface area contributed by atoms with Crippen molar-refractivity contribution in [2.45, 2.75) is 0 Å². The summed E-state index contributed by atoms with van der Waals surface area (Å²) in [4.78, 5) is 3.78. The molecule has 0 bridgehead atoms. The number of ether oxygens (including phenoxy) is 1. The highest BCUT2D eigenvalue weighted by molar-refractivity contribution is 6.29. The molecule has 0 aliphatic carbocycles. The SMILES string of the molecule is COc1[c]ccc(Cl)n1. The first-order valence-electron chi connectivity index (χ1n) is 2.41. The van der Waals surface area contributed by atoms with Gasteiger partial charge in [-0.1, -0.05) is 11.6 Å². The molecule has 1 aromatic rings. The van der Waals surface area contributed by atoms with E-state index < -0.39 is 0 Å². The van der Waals surface area contributed by atoms with Crippen LogP contribution in [-0.4, -0.2) is 12.1 Å². The van der Waals surface area contributed by atoms with Crippen molar-refractivity contribution in [2.75, 3.05) is 7.11 Å². The van der Waals surface area contributed by atoms with E-state index in [0.29, 0.717) is 11.0 Å². The van der Waals surface area contributed by atoms with Crippen molar-refractivity contribution in [3.8, 4) is 5.88 Å². The van der Waals surface area contributed by atoms with Crippen LogP contribution in [0, 0.1) is 6.07 Å². The van der Waals surface area contributed by atoms with Crippen LogP contribution in [0.25, 0.3) is 0 Å². The third-order valence-corrected chi connectivity index (χ3v) is 1.04. The van der Waals surface area contributed by atoms with Crippen molar-refractivity contribution < 1.29 is 4.74 Å². The number of methoxy groups -OCH3 is 1. The molecular weight excluding hydrogens is 138 g/mol. The maximum atomic E-state index is 5.51. The molecule has 0 aromatic carbocycles. The number of rotatable bonds is 1. The van der Waals surface area contributed by atoms with E-state index in [9.17, 15) is 0 Å². The molecule has 0 N–H and O–H groups in total. The van der Waals surface area contributed by atoms with E-state index >= 15 is 0 Å². The minimum Gasteiger partial charge on any atom is -0.481 e. The fraction of sp³-hybridized carbons (Fsp3) is 0.167. The van der Waals surface area contributed by atoms with Gasteiger partial charge in [0.25, 0.3) is 0 Å². The van der Waals surface area contributed by atoms with Gasteiger partial charge in [0, 0.05) is 6.07 Å². The van der Waals surface area contributed by atoms with Crippen molar-refractivity contribution in [1.29, 1.82) is 0 Å². The number of aromatic nitrogens is 1. The summed E-state index contributed by atoms with van der Waals surface area (Å²) < 4.78 is 4.74. The Labute approximate surface area is 58.4 Å². The molecule has 1 heterocycles. The lowest BCUT2D eigenvalue weighted by Gasteiger charge is -1.94. The third kappa shape index (κ3) is 1.57. The van der Waals surface area contributed by atoms with Crippen molar-refractivity contribution in [2.24, 2.45) is 0 Å². The lowest BCUT2D eigenvalue weighted by Crippen LogP contribution is -1.85. The van der Waals surface area contributed by atoms with Crippen LogP contribution in [0.3, 0.4) is 0 Å². The van der Waals surface area contributed by atoms with Gasteiger partial charge in [-0.3, -0.25) is 0 Å². The molecule has 0 spiro atoms. The molecule has 0 saturated heterocycles. The Bertz CT molecular complexity index is 202. The van der Waals surface area contributed by atoms with E-state index in [1.165, 1.54) is 7.11 Å². The van der Waals surface area contributed by atoms with Crippen molar-refractivity contribution in [3.05, 3.63) is 23.4 Å². The van der Waals surface area contributed by atoms with E-state index in [4.69, 9.17) is 16.3 Å². The van der Waals surface area contributed by atoms with Crippen LogP contribution in [0.15, 0.2) is 12.1 Å². The van der Waals surface area contributed by atoms with Crippen molar-refractivity contribution >= 4 is 11.6 Å². The highest BCUT2D eigenvalue weighted by atomic mass is 35.5. The Hall–Kier alpha value is -0.760. The van der Waals surface area contributed by atoms with E-state index in [-0.39, 0.29) is 0 Å². The molecule has 1 rings (SSSR count). The van der Waals surface area contributed by atoms with Gasteiger partial charge in [0.05, 0.1) is 7.11 Å². The number of pyridine rings is 1. The van der Waals surface area contributed by atoms with Crippen LogP contribution in [0.2, 0.25) is 5.15 Å². The summed E-state index contributed by atoms with van der Waals surface area (Å²) >= 11 is 5.51. The summed E-state index contributed by atoms with van der Waals surface area (Å²) in [5, 5.41) is 0.422. The topological polar surface area (TPSA) is 22.1 Å². The molecule has 3 heteroatoms. The Morgan fingerprint density at radius 2 is 2.56 bits per heavy atom. The van der Waals surface area contributed by atoms with Crippen LogP contribution in [-0.2, 0) is 0 Å². The lowest BCUT2D eigenvalue weighted by molar-refractivity contribution is 0.397. The minimum atomic E-state index is 0.419. The molecule has 1 radical (unpaired) electrons. The van der Waals surface area contributed by atoms with Crippen LogP contribution in [0.5, 0.6) is 5.88 Å². The standard InChI is InChI=1S/C6H5ClNO/c1-9-6-4-2-3-5(7)8-6/h2-3H,1H3. The zero-order chi connectivity index (χ0) is 6.69. The van der Waals surface area contributed by atoms with Crippen LogP contribution in [0.4, 0.5) is 0 Å². The summed E-state index contributed by atoms with van der Waals surface area (Å²) in [6, 6.07) is 6.04. The van der Waals surface area contributed by atoms with Crippen molar-refractivity contribution in [3.63, 3.8) is 0 Å². The molecule has 1 aromatic heterocycles. The number of nitrogens with zero attached hydrogens (tertiary/aromatic N) is 1.